The maximum Gasteiger partial charge on any atom is 0.144 e. The molecule has 110 valence electrons. The first-order chi connectivity index (χ1) is 10.1. The van der Waals surface area contributed by atoms with Gasteiger partial charge in [0.1, 0.15) is 10.5 Å². The molecular formula is C17H19BrN2S. The van der Waals surface area contributed by atoms with Crippen LogP contribution in [0.4, 0.5) is 0 Å². The summed E-state index contributed by atoms with van der Waals surface area (Å²) in [6.45, 7) is 2.10. The summed E-state index contributed by atoms with van der Waals surface area (Å²) in [5.41, 5.74) is 3.79. The molecule has 1 fully saturated rings. The molecule has 1 aromatic heterocycles. The molecule has 0 spiro atoms. The number of aromatic nitrogens is 2. The Balaban J connectivity index is 1.92. The molecule has 0 unspecified atom stereocenters. The molecule has 1 heterocycles. The molecule has 1 aromatic carbocycles. The van der Waals surface area contributed by atoms with Gasteiger partial charge >= 0.3 is 0 Å². The molecule has 0 amide bonds. The van der Waals surface area contributed by atoms with Crippen molar-refractivity contribution in [3.8, 4) is 0 Å². The number of aromatic amines is 1. The Morgan fingerprint density at radius 3 is 2.57 bits per heavy atom. The van der Waals surface area contributed by atoms with Crippen LogP contribution in [0, 0.1) is 11.6 Å². The van der Waals surface area contributed by atoms with Crippen LogP contribution in [0.1, 0.15) is 54.2 Å². The average Bonchev–Trinajstić information content (AvgIpc) is 2.99. The van der Waals surface area contributed by atoms with Crippen molar-refractivity contribution in [2.45, 2.75) is 44.9 Å². The number of hydrogen-bond acceptors (Lipinski definition) is 2. The van der Waals surface area contributed by atoms with E-state index in [0.717, 1.165) is 16.7 Å². The second-order valence-electron chi connectivity index (χ2n) is 5.86. The standard InChI is InChI=1S/C17H19BrN2S/c1-11-6-8-12(9-7-11)10-14-19-16(13-4-2-3-5-13)15(18)17(21)20-14/h6-9,13H,2-5,10H2,1H3,(H,19,20,21). The minimum absolute atomic E-state index is 0.598. The van der Waals surface area contributed by atoms with E-state index in [9.17, 15) is 0 Å². The summed E-state index contributed by atoms with van der Waals surface area (Å²) >= 11 is 9.04. The first-order valence-electron chi connectivity index (χ1n) is 7.47. The van der Waals surface area contributed by atoms with Crippen molar-refractivity contribution in [2.24, 2.45) is 0 Å². The third kappa shape index (κ3) is 3.43. The zero-order valence-corrected chi connectivity index (χ0v) is 14.6. The SMILES string of the molecule is Cc1ccc(Cc2nc(=S)c(Br)c(C3CCCC3)[nH]2)cc1. The number of nitrogens with one attached hydrogen (secondary N) is 1. The number of rotatable bonds is 3. The van der Waals surface area contributed by atoms with E-state index < -0.39 is 0 Å². The van der Waals surface area contributed by atoms with Crippen LogP contribution in [0.25, 0.3) is 0 Å². The number of benzene rings is 1. The van der Waals surface area contributed by atoms with Gasteiger partial charge in [-0.2, -0.15) is 0 Å². The number of halogens is 1. The maximum absolute atomic E-state index is 5.42. The van der Waals surface area contributed by atoms with E-state index in [1.165, 1.54) is 42.5 Å². The molecule has 21 heavy (non-hydrogen) atoms. The molecule has 1 N–H and O–H groups in total. The van der Waals surface area contributed by atoms with Crippen molar-refractivity contribution < 1.29 is 0 Å². The van der Waals surface area contributed by atoms with Crippen molar-refractivity contribution >= 4 is 28.1 Å². The summed E-state index contributed by atoms with van der Waals surface area (Å²) in [5, 5.41) is 0. The van der Waals surface area contributed by atoms with Crippen LogP contribution in [0.2, 0.25) is 0 Å². The highest BCUT2D eigenvalue weighted by atomic mass is 79.9. The van der Waals surface area contributed by atoms with Gasteiger partial charge in [-0.15, -0.1) is 0 Å². The van der Waals surface area contributed by atoms with Crippen LogP contribution in [-0.4, -0.2) is 9.97 Å². The molecule has 2 nitrogen and oxygen atoms in total. The van der Waals surface area contributed by atoms with Gasteiger partial charge in [0.05, 0.1) is 4.47 Å². The predicted molar refractivity (Wildman–Crippen MR) is 92.3 cm³/mol. The van der Waals surface area contributed by atoms with E-state index in [2.05, 4.69) is 57.1 Å². The fourth-order valence-electron chi connectivity index (χ4n) is 3.00. The predicted octanol–water partition coefficient (Wildman–Crippen LogP) is 5.46. The van der Waals surface area contributed by atoms with E-state index in [4.69, 9.17) is 12.2 Å². The smallest absolute Gasteiger partial charge is 0.144 e. The molecule has 0 aliphatic heterocycles. The minimum Gasteiger partial charge on any atom is -0.346 e. The van der Waals surface area contributed by atoms with Crippen molar-refractivity contribution in [3.63, 3.8) is 0 Å². The largest absolute Gasteiger partial charge is 0.346 e. The van der Waals surface area contributed by atoms with Crippen LogP contribution < -0.4 is 0 Å². The molecule has 0 saturated heterocycles. The van der Waals surface area contributed by atoms with Crippen LogP contribution in [0.15, 0.2) is 28.7 Å². The molecule has 1 aliphatic carbocycles. The Hall–Kier alpha value is -1.00. The summed E-state index contributed by atoms with van der Waals surface area (Å²) in [7, 11) is 0. The Morgan fingerprint density at radius 1 is 1.24 bits per heavy atom. The lowest BCUT2D eigenvalue weighted by Gasteiger charge is -2.14. The molecule has 1 aliphatic rings. The van der Waals surface area contributed by atoms with Gasteiger partial charge in [-0.05, 0) is 41.3 Å². The lowest BCUT2D eigenvalue weighted by atomic mass is 10.0. The molecular weight excluding hydrogens is 344 g/mol. The number of aryl methyl sites for hydroxylation is 1. The van der Waals surface area contributed by atoms with Gasteiger partial charge in [0.25, 0.3) is 0 Å². The number of hydrogen-bond donors (Lipinski definition) is 1. The van der Waals surface area contributed by atoms with Gasteiger partial charge in [-0.1, -0.05) is 54.9 Å². The van der Waals surface area contributed by atoms with Gasteiger partial charge in [-0.25, -0.2) is 4.98 Å². The highest BCUT2D eigenvalue weighted by Crippen LogP contribution is 2.36. The zero-order chi connectivity index (χ0) is 14.8. The zero-order valence-electron chi connectivity index (χ0n) is 12.2. The molecule has 4 heteroatoms. The quantitative estimate of drug-likeness (QED) is 0.734. The molecule has 0 radical (unpaired) electrons. The van der Waals surface area contributed by atoms with Crippen molar-refractivity contribution in [3.05, 3.63) is 56.0 Å². The Kier molecular flexibility index (Phi) is 4.55. The van der Waals surface area contributed by atoms with Gasteiger partial charge in [0.15, 0.2) is 0 Å². The summed E-state index contributed by atoms with van der Waals surface area (Å²) in [6.07, 6.45) is 5.92. The van der Waals surface area contributed by atoms with E-state index in [-0.39, 0.29) is 0 Å². The van der Waals surface area contributed by atoms with Crippen molar-refractivity contribution in [1.82, 2.24) is 9.97 Å². The molecule has 0 atom stereocenters. The average molecular weight is 363 g/mol. The number of H-pyrrole nitrogens is 1. The van der Waals surface area contributed by atoms with Crippen LogP contribution in [0.5, 0.6) is 0 Å². The Morgan fingerprint density at radius 2 is 1.90 bits per heavy atom. The molecule has 2 aromatic rings. The van der Waals surface area contributed by atoms with E-state index >= 15 is 0 Å². The topological polar surface area (TPSA) is 28.7 Å². The lowest BCUT2D eigenvalue weighted by molar-refractivity contribution is 0.679. The normalized spacial score (nSPS) is 15.5. The Labute approximate surface area is 139 Å². The monoisotopic (exact) mass is 362 g/mol. The van der Waals surface area contributed by atoms with Crippen molar-refractivity contribution in [2.75, 3.05) is 0 Å². The minimum atomic E-state index is 0.598. The van der Waals surface area contributed by atoms with Crippen LogP contribution >= 0.6 is 28.1 Å². The summed E-state index contributed by atoms with van der Waals surface area (Å²) < 4.78 is 1.66. The first kappa shape index (κ1) is 14.9. The van der Waals surface area contributed by atoms with Gasteiger partial charge in [0.2, 0.25) is 0 Å². The van der Waals surface area contributed by atoms with Gasteiger partial charge in [-0.3, -0.25) is 0 Å². The fourth-order valence-corrected chi connectivity index (χ4v) is 3.74. The summed E-state index contributed by atoms with van der Waals surface area (Å²) in [4.78, 5) is 8.07. The van der Waals surface area contributed by atoms with E-state index in [1.54, 1.807) is 0 Å². The van der Waals surface area contributed by atoms with E-state index in [0.29, 0.717) is 10.6 Å². The Bertz CT molecular complexity index is 685. The van der Waals surface area contributed by atoms with E-state index in [1.807, 2.05) is 0 Å². The molecule has 1 saturated carbocycles. The lowest BCUT2D eigenvalue weighted by Crippen LogP contribution is -2.05. The summed E-state index contributed by atoms with van der Waals surface area (Å²) in [5.74, 6) is 1.56. The maximum atomic E-state index is 5.42. The second kappa shape index (κ2) is 6.41. The highest BCUT2D eigenvalue weighted by molar-refractivity contribution is 9.10. The fraction of sp³-hybridized carbons (Fsp3) is 0.412. The first-order valence-corrected chi connectivity index (χ1v) is 8.68. The molecule has 3 rings (SSSR count). The molecule has 0 bridgehead atoms. The summed E-state index contributed by atoms with van der Waals surface area (Å²) in [6, 6.07) is 8.59. The van der Waals surface area contributed by atoms with Crippen LogP contribution in [-0.2, 0) is 6.42 Å². The second-order valence-corrected chi connectivity index (χ2v) is 7.04. The van der Waals surface area contributed by atoms with Gasteiger partial charge in [0, 0.05) is 18.0 Å². The third-order valence-corrected chi connectivity index (χ3v) is 5.56. The van der Waals surface area contributed by atoms with Gasteiger partial charge < -0.3 is 4.98 Å². The number of nitrogens with zero attached hydrogens (tertiary/aromatic N) is 1. The highest BCUT2D eigenvalue weighted by Gasteiger charge is 2.21. The third-order valence-electron chi connectivity index (χ3n) is 4.20. The van der Waals surface area contributed by atoms with Crippen LogP contribution in [0.3, 0.4) is 0 Å². The van der Waals surface area contributed by atoms with Crippen molar-refractivity contribution in [1.29, 1.82) is 0 Å².